The van der Waals surface area contributed by atoms with Gasteiger partial charge in [-0.15, -0.1) is 11.3 Å². The predicted octanol–water partition coefficient (Wildman–Crippen LogP) is 8.27. The van der Waals surface area contributed by atoms with E-state index in [1.807, 2.05) is 54.6 Å². The van der Waals surface area contributed by atoms with Gasteiger partial charge in [0, 0.05) is 31.1 Å². The minimum Gasteiger partial charge on any atom is -0.288 e. The molecule has 0 unspecified atom stereocenters. The van der Waals surface area contributed by atoms with Crippen molar-refractivity contribution in [2.75, 3.05) is 0 Å². The van der Waals surface area contributed by atoms with Crippen LogP contribution in [-0.4, -0.2) is 5.78 Å². The standard InChI is InChI=1S/C23H13Cl3OS/c24-17-7-1-14(2-8-17)20-13-21(15-3-9-18(25)10-4-15)28-23(20)22(27)16-5-11-19(26)12-6-16/h1-13H. The van der Waals surface area contributed by atoms with Gasteiger partial charge < -0.3 is 0 Å². The highest BCUT2D eigenvalue weighted by Crippen LogP contribution is 2.39. The minimum absolute atomic E-state index is 0.0353. The van der Waals surface area contributed by atoms with Crippen molar-refractivity contribution in [2.24, 2.45) is 0 Å². The van der Waals surface area contributed by atoms with E-state index < -0.39 is 0 Å². The van der Waals surface area contributed by atoms with Gasteiger partial charge in [-0.3, -0.25) is 4.79 Å². The molecule has 0 aliphatic rings. The maximum atomic E-state index is 13.2. The summed E-state index contributed by atoms with van der Waals surface area (Å²) in [6.45, 7) is 0. The lowest BCUT2D eigenvalue weighted by Gasteiger charge is -2.04. The van der Waals surface area contributed by atoms with Crippen LogP contribution in [0.1, 0.15) is 15.2 Å². The first kappa shape index (κ1) is 19.2. The van der Waals surface area contributed by atoms with Crippen LogP contribution in [0.4, 0.5) is 0 Å². The number of carbonyl (C=O) groups excluding carboxylic acids is 1. The summed E-state index contributed by atoms with van der Waals surface area (Å²) < 4.78 is 0. The highest BCUT2D eigenvalue weighted by atomic mass is 35.5. The highest BCUT2D eigenvalue weighted by Gasteiger charge is 2.20. The molecule has 0 saturated heterocycles. The molecule has 0 aliphatic heterocycles. The second-order valence-corrected chi connectivity index (χ2v) is 8.56. The molecule has 4 aromatic rings. The quantitative estimate of drug-likeness (QED) is 0.290. The summed E-state index contributed by atoms with van der Waals surface area (Å²) in [4.78, 5) is 14.9. The third-order valence-electron chi connectivity index (χ3n) is 4.33. The summed E-state index contributed by atoms with van der Waals surface area (Å²) >= 11 is 19.5. The molecule has 1 nitrogen and oxygen atoms in total. The molecule has 28 heavy (non-hydrogen) atoms. The SMILES string of the molecule is O=C(c1ccc(Cl)cc1)c1sc(-c2ccc(Cl)cc2)cc1-c1ccc(Cl)cc1. The van der Waals surface area contributed by atoms with Gasteiger partial charge in [-0.1, -0.05) is 59.1 Å². The molecule has 0 spiro atoms. The molecule has 0 N–H and O–H groups in total. The Morgan fingerprint density at radius 1 is 0.643 bits per heavy atom. The topological polar surface area (TPSA) is 17.1 Å². The van der Waals surface area contributed by atoms with E-state index in [4.69, 9.17) is 34.8 Å². The number of carbonyl (C=O) groups is 1. The lowest BCUT2D eigenvalue weighted by atomic mass is 10.0. The van der Waals surface area contributed by atoms with Crippen molar-refractivity contribution in [3.05, 3.63) is 104 Å². The molecular weight excluding hydrogens is 431 g/mol. The molecule has 1 heterocycles. The third kappa shape index (κ3) is 4.01. The second-order valence-electron chi connectivity index (χ2n) is 6.20. The fourth-order valence-electron chi connectivity index (χ4n) is 2.89. The van der Waals surface area contributed by atoms with Gasteiger partial charge >= 0.3 is 0 Å². The summed E-state index contributed by atoms with van der Waals surface area (Å²) in [6.07, 6.45) is 0. The largest absolute Gasteiger partial charge is 0.288 e. The first-order valence-electron chi connectivity index (χ1n) is 8.47. The summed E-state index contributed by atoms with van der Waals surface area (Å²) in [6, 6.07) is 24.1. The summed E-state index contributed by atoms with van der Waals surface area (Å²) in [7, 11) is 0. The molecule has 1 aromatic heterocycles. The van der Waals surface area contributed by atoms with Crippen LogP contribution >= 0.6 is 46.1 Å². The van der Waals surface area contributed by atoms with E-state index in [9.17, 15) is 4.79 Å². The normalized spacial score (nSPS) is 10.8. The molecule has 0 aliphatic carbocycles. The van der Waals surface area contributed by atoms with Crippen molar-refractivity contribution in [3.63, 3.8) is 0 Å². The van der Waals surface area contributed by atoms with Gasteiger partial charge in [0.2, 0.25) is 5.78 Å². The molecule has 0 bridgehead atoms. The Morgan fingerprint density at radius 3 is 1.64 bits per heavy atom. The summed E-state index contributed by atoms with van der Waals surface area (Å²) in [5, 5.41) is 1.93. The third-order valence-corrected chi connectivity index (χ3v) is 6.27. The van der Waals surface area contributed by atoms with E-state index in [-0.39, 0.29) is 5.78 Å². The van der Waals surface area contributed by atoms with Crippen LogP contribution in [0.25, 0.3) is 21.6 Å². The van der Waals surface area contributed by atoms with Gasteiger partial charge in [0.25, 0.3) is 0 Å². The van der Waals surface area contributed by atoms with E-state index in [1.54, 1.807) is 24.3 Å². The Balaban J connectivity index is 1.85. The summed E-state index contributed by atoms with van der Waals surface area (Å²) in [5.41, 5.74) is 3.44. The van der Waals surface area contributed by atoms with Gasteiger partial charge in [0.1, 0.15) is 0 Å². The number of ketones is 1. The van der Waals surface area contributed by atoms with Crippen LogP contribution in [0.5, 0.6) is 0 Å². The van der Waals surface area contributed by atoms with Crippen LogP contribution in [0.2, 0.25) is 15.1 Å². The maximum absolute atomic E-state index is 13.2. The molecule has 0 amide bonds. The Hall–Kier alpha value is -2.10. The van der Waals surface area contributed by atoms with E-state index in [0.717, 1.165) is 21.6 Å². The molecule has 3 aromatic carbocycles. The number of rotatable bonds is 4. The molecule has 4 rings (SSSR count). The number of halogens is 3. The van der Waals surface area contributed by atoms with Crippen LogP contribution < -0.4 is 0 Å². The van der Waals surface area contributed by atoms with Crippen LogP contribution in [-0.2, 0) is 0 Å². The zero-order valence-corrected chi connectivity index (χ0v) is 17.5. The Labute approximate surface area is 182 Å². The van der Waals surface area contributed by atoms with Crippen LogP contribution in [0.3, 0.4) is 0 Å². The lowest BCUT2D eigenvalue weighted by Crippen LogP contribution is -2.00. The molecular formula is C23H13Cl3OS. The fraction of sp³-hybridized carbons (Fsp3) is 0. The maximum Gasteiger partial charge on any atom is 0.203 e. The Bertz CT molecular complexity index is 1130. The highest BCUT2D eigenvalue weighted by molar-refractivity contribution is 7.18. The first-order valence-corrected chi connectivity index (χ1v) is 10.4. The van der Waals surface area contributed by atoms with E-state index >= 15 is 0 Å². The van der Waals surface area contributed by atoms with Crippen LogP contribution in [0, 0.1) is 0 Å². The lowest BCUT2D eigenvalue weighted by molar-refractivity contribution is 0.104. The van der Waals surface area contributed by atoms with Crippen molar-refractivity contribution < 1.29 is 4.79 Å². The zero-order valence-electron chi connectivity index (χ0n) is 14.5. The minimum atomic E-state index is -0.0353. The molecule has 0 radical (unpaired) electrons. The smallest absolute Gasteiger partial charge is 0.203 e. The van der Waals surface area contributed by atoms with Crippen molar-refractivity contribution >= 4 is 51.9 Å². The number of thiophene rings is 1. The van der Waals surface area contributed by atoms with Crippen molar-refractivity contribution in [1.29, 1.82) is 0 Å². The second kappa shape index (κ2) is 8.10. The van der Waals surface area contributed by atoms with Crippen LogP contribution in [0.15, 0.2) is 78.9 Å². The van der Waals surface area contributed by atoms with E-state index in [1.165, 1.54) is 11.3 Å². The molecule has 0 fully saturated rings. The van der Waals surface area contributed by atoms with Gasteiger partial charge in [-0.05, 0) is 65.7 Å². The average Bonchev–Trinajstić information content (AvgIpc) is 3.14. The monoisotopic (exact) mass is 442 g/mol. The number of hydrogen-bond acceptors (Lipinski definition) is 2. The Kier molecular flexibility index (Phi) is 5.56. The van der Waals surface area contributed by atoms with Gasteiger partial charge in [-0.25, -0.2) is 0 Å². The van der Waals surface area contributed by atoms with Gasteiger partial charge in [-0.2, -0.15) is 0 Å². The number of hydrogen-bond donors (Lipinski definition) is 0. The number of benzene rings is 3. The predicted molar refractivity (Wildman–Crippen MR) is 120 cm³/mol. The van der Waals surface area contributed by atoms with Crippen molar-refractivity contribution in [3.8, 4) is 21.6 Å². The van der Waals surface area contributed by atoms with Crippen molar-refractivity contribution in [2.45, 2.75) is 0 Å². The average molecular weight is 444 g/mol. The van der Waals surface area contributed by atoms with Gasteiger partial charge in [0.15, 0.2) is 0 Å². The molecule has 0 atom stereocenters. The van der Waals surface area contributed by atoms with Crippen molar-refractivity contribution in [1.82, 2.24) is 0 Å². The molecule has 5 heteroatoms. The zero-order chi connectivity index (χ0) is 19.7. The Morgan fingerprint density at radius 2 is 1.11 bits per heavy atom. The molecule has 138 valence electrons. The van der Waals surface area contributed by atoms with E-state index in [2.05, 4.69) is 0 Å². The molecule has 0 saturated carbocycles. The summed E-state index contributed by atoms with van der Waals surface area (Å²) in [5.74, 6) is -0.0353. The van der Waals surface area contributed by atoms with Gasteiger partial charge in [0.05, 0.1) is 4.88 Å². The first-order chi connectivity index (χ1) is 13.5. The van der Waals surface area contributed by atoms with E-state index in [0.29, 0.717) is 25.5 Å². The fourth-order valence-corrected chi connectivity index (χ4v) is 4.42.